The number of nitrogens with one attached hydrogen (secondary N) is 1. The van der Waals surface area contributed by atoms with Crippen molar-refractivity contribution in [3.05, 3.63) is 0 Å². The van der Waals surface area contributed by atoms with Crippen LogP contribution < -0.4 is 5.32 Å². The van der Waals surface area contributed by atoms with Crippen molar-refractivity contribution in [1.29, 1.82) is 0 Å². The molecule has 64 valence electrons. The summed E-state index contributed by atoms with van der Waals surface area (Å²) in [5.74, 6) is 0.810. The van der Waals surface area contributed by atoms with E-state index in [0.29, 0.717) is 0 Å². The van der Waals surface area contributed by atoms with E-state index in [-0.39, 0.29) is 11.6 Å². The Morgan fingerprint density at radius 2 is 2.18 bits per heavy atom. The number of hydrogen-bond donors (Lipinski definition) is 1. The average molecular weight is 156 g/mol. The third-order valence-electron chi connectivity index (χ3n) is 1.78. The van der Waals surface area contributed by atoms with E-state index in [1.807, 2.05) is 0 Å². The molecule has 0 radical (unpaired) electrons. The zero-order valence-electron chi connectivity index (χ0n) is 7.64. The predicted molar refractivity (Wildman–Crippen MR) is 45.7 cm³/mol. The molecule has 3 heteroatoms. The van der Waals surface area contributed by atoms with Gasteiger partial charge in [-0.2, -0.15) is 0 Å². The minimum absolute atomic E-state index is 0.181. The molecule has 0 bridgehead atoms. The molecule has 1 rings (SSSR count). The molecule has 1 heterocycles. The van der Waals surface area contributed by atoms with Gasteiger partial charge in [-0.25, -0.2) is 4.99 Å². The molecular weight excluding hydrogens is 140 g/mol. The Morgan fingerprint density at radius 3 is 2.45 bits per heavy atom. The number of hydrogen-bond acceptors (Lipinski definition) is 3. The van der Waals surface area contributed by atoms with Crippen molar-refractivity contribution in [2.45, 2.75) is 26.9 Å². The summed E-state index contributed by atoms with van der Waals surface area (Å²) < 4.78 is 5.02. The molecule has 1 aliphatic rings. The molecular formula is C8H16N2O. The molecule has 0 fully saturated rings. The van der Waals surface area contributed by atoms with Gasteiger partial charge in [0.05, 0.1) is 13.7 Å². The number of aliphatic imine (C=N–C) groups is 1. The van der Waals surface area contributed by atoms with Gasteiger partial charge in [0.1, 0.15) is 6.17 Å². The summed E-state index contributed by atoms with van der Waals surface area (Å²) in [6.07, 6.45) is 0.206. The van der Waals surface area contributed by atoms with Crippen molar-refractivity contribution in [3.63, 3.8) is 0 Å². The van der Waals surface area contributed by atoms with Crippen LogP contribution in [0.15, 0.2) is 4.99 Å². The highest BCUT2D eigenvalue weighted by Crippen LogP contribution is 2.22. The fraction of sp³-hybridized carbons (Fsp3) is 0.875. The number of methoxy groups -OCH3 is 1. The van der Waals surface area contributed by atoms with Crippen LogP contribution in [0.2, 0.25) is 0 Å². The quantitative estimate of drug-likeness (QED) is 0.568. The first-order chi connectivity index (χ1) is 5.04. The van der Waals surface area contributed by atoms with Gasteiger partial charge in [-0.3, -0.25) is 5.32 Å². The zero-order valence-corrected chi connectivity index (χ0v) is 7.64. The molecule has 1 atom stereocenters. The fourth-order valence-electron chi connectivity index (χ4n) is 1.04. The molecule has 0 aliphatic carbocycles. The van der Waals surface area contributed by atoms with Crippen molar-refractivity contribution < 1.29 is 4.74 Å². The molecule has 0 aromatic rings. The van der Waals surface area contributed by atoms with E-state index in [4.69, 9.17) is 4.74 Å². The SMILES string of the molecule is COC1=N[C@@H](C(C)(C)C)NC1. The molecule has 3 nitrogen and oxygen atoms in total. The van der Waals surface area contributed by atoms with Gasteiger partial charge in [-0.15, -0.1) is 0 Å². The van der Waals surface area contributed by atoms with Gasteiger partial charge in [0.25, 0.3) is 0 Å². The molecule has 0 aromatic carbocycles. The summed E-state index contributed by atoms with van der Waals surface area (Å²) in [4.78, 5) is 4.36. The van der Waals surface area contributed by atoms with Gasteiger partial charge in [-0.1, -0.05) is 20.8 Å². The lowest BCUT2D eigenvalue weighted by molar-refractivity contribution is 0.297. The monoisotopic (exact) mass is 156 g/mol. The largest absolute Gasteiger partial charge is 0.483 e. The second-order valence-electron chi connectivity index (χ2n) is 3.88. The maximum absolute atomic E-state index is 5.02. The van der Waals surface area contributed by atoms with E-state index >= 15 is 0 Å². The van der Waals surface area contributed by atoms with Crippen LogP contribution >= 0.6 is 0 Å². The Labute approximate surface area is 67.8 Å². The molecule has 0 spiro atoms. The van der Waals surface area contributed by atoms with Crippen molar-refractivity contribution in [1.82, 2.24) is 5.32 Å². The standard InChI is InChI=1S/C8H16N2O/c1-8(2,3)7-9-5-6(10-7)11-4/h7,9H,5H2,1-4H3/t7-/m0/s1. The van der Waals surface area contributed by atoms with Gasteiger partial charge < -0.3 is 4.74 Å². The Hall–Kier alpha value is -0.570. The second kappa shape index (κ2) is 2.81. The molecule has 1 N–H and O–H groups in total. The van der Waals surface area contributed by atoms with E-state index in [9.17, 15) is 0 Å². The lowest BCUT2D eigenvalue weighted by atomic mass is 9.93. The van der Waals surface area contributed by atoms with Crippen molar-refractivity contribution >= 4 is 5.90 Å². The summed E-state index contributed by atoms with van der Waals surface area (Å²) in [7, 11) is 1.66. The van der Waals surface area contributed by atoms with Crippen LogP contribution in [0.1, 0.15) is 20.8 Å². The summed E-state index contributed by atoms with van der Waals surface area (Å²) in [5.41, 5.74) is 0.181. The lowest BCUT2D eigenvalue weighted by Crippen LogP contribution is -2.35. The summed E-state index contributed by atoms with van der Waals surface area (Å²) in [6, 6.07) is 0. The Morgan fingerprint density at radius 1 is 1.55 bits per heavy atom. The first-order valence-corrected chi connectivity index (χ1v) is 3.88. The van der Waals surface area contributed by atoms with E-state index in [1.54, 1.807) is 7.11 Å². The van der Waals surface area contributed by atoms with Gasteiger partial charge in [-0.05, 0) is 5.41 Å². The highest BCUT2D eigenvalue weighted by Gasteiger charge is 2.28. The maximum Gasteiger partial charge on any atom is 0.199 e. The number of nitrogens with zero attached hydrogens (tertiary/aromatic N) is 1. The third-order valence-corrected chi connectivity index (χ3v) is 1.78. The van der Waals surface area contributed by atoms with Crippen LogP contribution in [0, 0.1) is 5.41 Å². The van der Waals surface area contributed by atoms with Crippen LogP contribution in [0.4, 0.5) is 0 Å². The second-order valence-corrected chi connectivity index (χ2v) is 3.88. The molecule has 0 unspecified atom stereocenters. The average Bonchev–Trinajstić information content (AvgIpc) is 2.32. The number of rotatable bonds is 0. The third kappa shape index (κ3) is 1.93. The molecule has 0 saturated carbocycles. The minimum Gasteiger partial charge on any atom is -0.483 e. The Kier molecular flexibility index (Phi) is 2.18. The zero-order chi connectivity index (χ0) is 8.48. The molecule has 11 heavy (non-hydrogen) atoms. The molecule has 1 aliphatic heterocycles. The van der Waals surface area contributed by atoms with Crippen LogP contribution in [0.3, 0.4) is 0 Å². The molecule has 0 amide bonds. The summed E-state index contributed by atoms with van der Waals surface area (Å²) >= 11 is 0. The highest BCUT2D eigenvalue weighted by atomic mass is 16.5. The van der Waals surface area contributed by atoms with Gasteiger partial charge in [0, 0.05) is 0 Å². The van der Waals surface area contributed by atoms with Crippen molar-refractivity contribution in [2.24, 2.45) is 10.4 Å². The molecule has 0 aromatic heterocycles. The van der Waals surface area contributed by atoms with Crippen LogP contribution in [-0.4, -0.2) is 25.7 Å². The first kappa shape index (κ1) is 8.53. The minimum atomic E-state index is 0.181. The van der Waals surface area contributed by atoms with Crippen molar-refractivity contribution in [3.8, 4) is 0 Å². The van der Waals surface area contributed by atoms with Crippen LogP contribution in [-0.2, 0) is 4.74 Å². The van der Waals surface area contributed by atoms with E-state index < -0.39 is 0 Å². The van der Waals surface area contributed by atoms with Crippen LogP contribution in [0.25, 0.3) is 0 Å². The smallest absolute Gasteiger partial charge is 0.199 e. The lowest BCUT2D eigenvalue weighted by Gasteiger charge is -2.23. The maximum atomic E-state index is 5.02. The Balaban J connectivity index is 2.59. The van der Waals surface area contributed by atoms with E-state index in [1.165, 1.54) is 0 Å². The van der Waals surface area contributed by atoms with Crippen LogP contribution in [0.5, 0.6) is 0 Å². The highest BCUT2D eigenvalue weighted by molar-refractivity contribution is 5.79. The van der Waals surface area contributed by atoms with Crippen molar-refractivity contribution in [2.75, 3.05) is 13.7 Å². The molecule has 0 saturated heterocycles. The number of ether oxygens (including phenoxy) is 1. The normalized spacial score (nSPS) is 25.1. The van der Waals surface area contributed by atoms with E-state index in [2.05, 4.69) is 31.1 Å². The van der Waals surface area contributed by atoms with Gasteiger partial charge >= 0.3 is 0 Å². The fourth-order valence-corrected chi connectivity index (χ4v) is 1.04. The summed E-state index contributed by atoms with van der Waals surface area (Å²) in [5, 5.41) is 3.27. The topological polar surface area (TPSA) is 33.6 Å². The van der Waals surface area contributed by atoms with E-state index in [0.717, 1.165) is 12.4 Å². The first-order valence-electron chi connectivity index (χ1n) is 3.88. The summed E-state index contributed by atoms with van der Waals surface area (Å²) in [6.45, 7) is 7.24. The Bertz CT molecular complexity index is 169. The van der Waals surface area contributed by atoms with Gasteiger partial charge in [0.15, 0.2) is 5.90 Å². The predicted octanol–water partition coefficient (Wildman–Crippen LogP) is 1.01. The van der Waals surface area contributed by atoms with Gasteiger partial charge in [0.2, 0.25) is 0 Å².